The van der Waals surface area contributed by atoms with Gasteiger partial charge in [0.2, 0.25) is 5.95 Å². The van der Waals surface area contributed by atoms with Crippen LogP contribution in [0.5, 0.6) is 0 Å². The minimum Gasteiger partial charge on any atom is -0.339 e. The van der Waals surface area contributed by atoms with Crippen LogP contribution in [0.25, 0.3) is 0 Å². The van der Waals surface area contributed by atoms with Crippen molar-refractivity contribution >= 4 is 5.95 Å². The first-order chi connectivity index (χ1) is 9.33. The molecule has 0 radical (unpaired) electrons. The molecular formula is C14H25N5. The fourth-order valence-corrected chi connectivity index (χ4v) is 3.24. The van der Waals surface area contributed by atoms with Crippen molar-refractivity contribution in [3.8, 4) is 0 Å². The molecule has 2 fully saturated rings. The van der Waals surface area contributed by atoms with Crippen molar-refractivity contribution in [1.29, 1.82) is 0 Å². The molecule has 1 aliphatic heterocycles. The van der Waals surface area contributed by atoms with Crippen LogP contribution in [-0.4, -0.2) is 34.3 Å². The zero-order chi connectivity index (χ0) is 13.1. The summed E-state index contributed by atoms with van der Waals surface area (Å²) in [7, 11) is 0. The van der Waals surface area contributed by atoms with E-state index in [0.29, 0.717) is 12.0 Å². The lowest BCUT2D eigenvalue weighted by molar-refractivity contribution is 0.495. The van der Waals surface area contributed by atoms with Crippen molar-refractivity contribution in [2.45, 2.75) is 63.3 Å². The number of aromatic amines is 1. The smallest absolute Gasteiger partial charge is 0.244 e. The molecule has 3 rings (SSSR count). The van der Waals surface area contributed by atoms with Gasteiger partial charge in [-0.05, 0) is 25.7 Å². The maximum Gasteiger partial charge on any atom is 0.244 e. The number of hydrogen-bond donors (Lipinski definition) is 2. The van der Waals surface area contributed by atoms with E-state index in [9.17, 15) is 0 Å². The maximum atomic E-state index is 5.94. The highest BCUT2D eigenvalue weighted by molar-refractivity contribution is 5.30. The average molecular weight is 263 g/mol. The topological polar surface area (TPSA) is 70.8 Å². The van der Waals surface area contributed by atoms with Crippen LogP contribution in [0, 0.1) is 0 Å². The normalized spacial score (nSPS) is 23.5. The number of piperidine rings is 1. The summed E-state index contributed by atoms with van der Waals surface area (Å²) >= 11 is 0. The van der Waals surface area contributed by atoms with Crippen LogP contribution in [0.15, 0.2) is 0 Å². The Morgan fingerprint density at radius 3 is 2.37 bits per heavy atom. The number of nitrogens with zero attached hydrogens (tertiary/aromatic N) is 3. The fourth-order valence-electron chi connectivity index (χ4n) is 3.24. The van der Waals surface area contributed by atoms with Crippen LogP contribution in [0.4, 0.5) is 5.95 Å². The van der Waals surface area contributed by atoms with E-state index in [1.807, 2.05) is 0 Å². The molecule has 5 nitrogen and oxygen atoms in total. The molecule has 1 saturated carbocycles. The molecule has 2 aliphatic rings. The third-order valence-electron chi connectivity index (χ3n) is 4.56. The van der Waals surface area contributed by atoms with Gasteiger partial charge in [-0.25, -0.2) is 0 Å². The summed E-state index contributed by atoms with van der Waals surface area (Å²) in [5.74, 6) is 2.58. The monoisotopic (exact) mass is 263 g/mol. The van der Waals surface area contributed by atoms with E-state index in [-0.39, 0.29) is 0 Å². The number of rotatable bonds is 2. The molecule has 0 unspecified atom stereocenters. The van der Waals surface area contributed by atoms with Crippen LogP contribution >= 0.6 is 0 Å². The summed E-state index contributed by atoms with van der Waals surface area (Å²) in [5, 5.41) is 7.60. The highest BCUT2D eigenvalue weighted by Gasteiger charge is 2.22. The number of nitrogens with two attached hydrogens (primary N) is 1. The number of H-pyrrole nitrogens is 1. The third-order valence-corrected chi connectivity index (χ3v) is 4.56. The molecule has 19 heavy (non-hydrogen) atoms. The molecule has 1 aromatic heterocycles. The molecule has 0 aromatic carbocycles. The van der Waals surface area contributed by atoms with E-state index in [0.717, 1.165) is 37.7 Å². The van der Waals surface area contributed by atoms with Gasteiger partial charge in [0.15, 0.2) is 0 Å². The molecule has 0 bridgehead atoms. The molecule has 5 heteroatoms. The van der Waals surface area contributed by atoms with Gasteiger partial charge in [-0.15, -0.1) is 5.10 Å². The van der Waals surface area contributed by atoms with E-state index in [2.05, 4.69) is 15.1 Å². The van der Waals surface area contributed by atoms with Crippen molar-refractivity contribution in [3.05, 3.63) is 5.82 Å². The lowest BCUT2D eigenvalue weighted by Gasteiger charge is -2.28. The highest BCUT2D eigenvalue weighted by atomic mass is 15.4. The summed E-state index contributed by atoms with van der Waals surface area (Å²) < 4.78 is 0. The molecule has 1 aliphatic carbocycles. The zero-order valence-corrected chi connectivity index (χ0v) is 11.6. The Bertz CT molecular complexity index is 386. The van der Waals surface area contributed by atoms with Crippen LogP contribution in [0.3, 0.4) is 0 Å². The molecule has 0 atom stereocenters. The number of anilines is 1. The predicted molar refractivity (Wildman–Crippen MR) is 76.2 cm³/mol. The van der Waals surface area contributed by atoms with E-state index >= 15 is 0 Å². The first-order valence-electron chi connectivity index (χ1n) is 7.76. The second kappa shape index (κ2) is 5.90. The quantitative estimate of drug-likeness (QED) is 0.802. The molecule has 3 N–H and O–H groups in total. The van der Waals surface area contributed by atoms with Gasteiger partial charge in [-0.2, -0.15) is 4.98 Å². The number of aromatic nitrogens is 3. The van der Waals surface area contributed by atoms with Crippen molar-refractivity contribution in [2.75, 3.05) is 18.0 Å². The molecule has 1 saturated heterocycles. The van der Waals surface area contributed by atoms with E-state index < -0.39 is 0 Å². The average Bonchev–Trinajstić information content (AvgIpc) is 2.76. The van der Waals surface area contributed by atoms with Gasteiger partial charge in [0.05, 0.1) is 0 Å². The van der Waals surface area contributed by atoms with Gasteiger partial charge in [-0.1, -0.05) is 25.7 Å². The first-order valence-corrected chi connectivity index (χ1v) is 7.76. The standard InChI is InChI=1S/C14H25N5/c15-12-7-9-19(10-8-12)14-16-13(17-18-14)11-5-3-1-2-4-6-11/h11-12H,1-10,15H2,(H,16,17,18). The van der Waals surface area contributed by atoms with Crippen molar-refractivity contribution < 1.29 is 0 Å². The van der Waals surface area contributed by atoms with Crippen LogP contribution in [-0.2, 0) is 0 Å². The van der Waals surface area contributed by atoms with Gasteiger partial charge < -0.3 is 10.6 Å². The lowest BCUT2D eigenvalue weighted by atomic mass is 10.00. The Labute approximate surface area is 115 Å². The van der Waals surface area contributed by atoms with Gasteiger partial charge in [0.25, 0.3) is 0 Å². The summed E-state index contributed by atoms with van der Waals surface area (Å²) in [6, 6.07) is 0.358. The summed E-state index contributed by atoms with van der Waals surface area (Å²) in [4.78, 5) is 7.01. The van der Waals surface area contributed by atoms with Gasteiger partial charge in [-0.3, -0.25) is 5.10 Å². The molecule has 106 valence electrons. The Morgan fingerprint density at radius 2 is 1.68 bits per heavy atom. The van der Waals surface area contributed by atoms with E-state index in [1.165, 1.54) is 38.5 Å². The summed E-state index contributed by atoms with van der Waals surface area (Å²) in [6.45, 7) is 1.98. The third kappa shape index (κ3) is 3.08. The van der Waals surface area contributed by atoms with E-state index in [1.54, 1.807) is 0 Å². The summed E-state index contributed by atoms with van der Waals surface area (Å²) in [5.41, 5.74) is 5.94. The maximum absolute atomic E-state index is 5.94. The van der Waals surface area contributed by atoms with Crippen molar-refractivity contribution in [2.24, 2.45) is 5.73 Å². The van der Waals surface area contributed by atoms with Crippen molar-refractivity contribution in [3.63, 3.8) is 0 Å². The van der Waals surface area contributed by atoms with Gasteiger partial charge in [0.1, 0.15) is 5.82 Å². The Kier molecular flexibility index (Phi) is 4.01. The van der Waals surface area contributed by atoms with Gasteiger partial charge in [0, 0.05) is 25.0 Å². The Balaban J connectivity index is 1.65. The molecule has 0 spiro atoms. The minimum absolute atomic E-state index is 0.358. The first kappa shape index (κ1) is 12.9. The Hall–Kier alpha value is -1.10. The molecule has 0 amide bonds. The predicted octanol–water partition coefficient (Wildman–Crippen LogP) is 2.17. The highest BCUT2D eigenvalue weighted by Crippen LogP contribution is 2.30. The molecular weight excluding hydrogens is 238 g/mol. The van der Waals surface area contributed by atoms with Crippen LogP contribution in [0.1, 0.15) is 63.1 Å². The SMILES string of the molecule is NC1CCN(c2n[nH]c(C3CCCCCC3)n2)CC1. The molecule has 1 aromatic rings. The summed E-state index contributed by atoms with van der Waals surface area (Å²) in [6.07, 6.45) is 10.0. The van der Waals surface area contributed by atoms with Crippen LogP contribution in [0.2, 0.25) is 0 Å². The fraction of sp³-hybridized carbons (Fsp3) is 0.857. The lowest BCUT2D eigenvalue weighted by Crippen LogP contribution is -2.40. The second-order valence-electron chi connectivity index (χ2n) is 6.03. The van der Waals surface area contributed by atoms with E-state index in [4.69, 9.17) is 10.7 Å². The van der Waals surface area contributed by atoms with Crippen LogP contribution < -0.4 is 10.6 Å². The van der Waals surface area contributed by atoms with Gasteiger partial charge >= 0.3 is 0 Å². The largest absolute Gasteiger partial charge is 0.339 e. The zero-order valence-electron chi connectivity index (χ0n) is 11.6. The number of nitrogens with one attached hydrogen (secondary N) is 1. The van der Waals surface area contributed by atoms with Crippen molar-refractivity contribution in [1.82, 2.24) is 15.2 Å². The molecule has 2 heterocycles. The minimum atomic E-state index is 0.358. The number of hydrogen-bond acceptors (Lipinski definition) is 4. The Morgan fingerprint density at radius 1 is 1.00 bits per heavy atom. The second-order valence-corrected chi connectivity index (χ2v) is 6.03.